The molecule has 0 radical (unpaired) electrons. The Balaban J connectivity index is 1.59. The molecular formula is C19H24N4O5S. The van der Waals surface area contributed by atoms with Crippen LogP contribution in [0.5, 0.6) is 11.5 Å². The summed E-state index contributed by atoms with van der Waals surface area (Å²) in [4.78, 5) is 24.2. The summed E-state index contributed by atoms with van der Waals surface area (Å²) >= 11 is 1.08. The molecule has 10 heteroatoms. The average Bonchev–Trinajstić information content (AvgIpc) is 3.39. The van der Waals surface area contributed by atoms with Gasteiger partial charge >= 0.3 is 6.03 Å². The molecule has 0 saturated heterocycles. The van der Waals surface area contributed by atoms with Crippen molar-refractivity contribution in [3.8, 4) is 23.0 Å². The molecule has 1 fully saturated rings. The fourth-order valence-corrected chi connectivity index (χ4v) is 3.73. The van der Waals surface area contributed by atoms with Gasteiger partial charge in [0, 0.05) is 12.1 Å². The number of imide groups is 1. The van der Waals surface area contributed by atoms with Gasteiger partial charge in [0.25, 0.3) is 11.1 Å². The summed E-state index contributed by atoms with van der Waals surface area (Å²) in [7, 11) is 3.10. The third-order valence-corrected chi connectivity index (χ3v) is 5.55. The Morgan fingerprint density at radius 3 is 2.66 bits per heavy atom. The summed E-state index contributed by atoms with van der Waals surface area (Å²) in [5, 5.41) is 12.8. The van der Waals surface area contributed by atoms with Crippen molar-refractivity contribution in [2.24, 2.45) is 0 Å². The van der Waals surface area contributed by atoms with Crippen molar-refractivity contribution in [3.63, 3.8) is 0 Å². The normalized spacial score (nSPS) is 15.0. The highest BCUT2D eigenvalue weighted by molar-refractivity contribution is 8.00. The Labute approximate surface area is 172 Å². The number of ether oxygens (including phenoxy) is 2. The minimum atomic E-state index is -0.588. The number of urea groups is 1. The first-order valence-corrected chi connectivity index (χ1v) is 10.2. The van der Waals surface area contributed by atoms with Gasteiger partial charge in [-0.1, -0.05) is 24.6 Å². The number of benzene rings is 1. The van der Waals surface area contributed by atoms with Gasteiger partial charge in [0.05, 0.1) is 25.0 Å². The van der Waals surface area contributed by atoms with Gasteiger partial charge in [-0.3, -0.25) is 10.1 Å². The number of rotatable bonds is 7. The van der Waals surface area contributed by atoms with Gasteiger partial charge in [0.2, 0.25) is 5.91 Å². The highest BCUT2D eigenvalue weighted by Crippen LogP contribution is 2.34. The highest BCUT2D eigenvalue weighted by Gasteiger charge is 2.23. The van der Waals surface area contributed by atoms with Crippen molar-refractivity contribution in [2.75, 3.05) is 14.2 Å². The zero-order valence-electron chi connectivity index (χ0n) is 16.6. The lowest BCUT2D eigenvalue weighted by molar-refractivity contribution is -0.119. The number of methoxy groups -OCH3 is 2. The van der Waals surface area contributed by atoms with Crippen molar-refractivity contribution in [2.45, 2.75) is 49.1 Å². The molecule has 3 amide bonds. The average molecular weight is 420 g/mol. The molecule has 29 heavy (non-hydrogen) atoms. The zero-order chi connectivity index (χ0) is 20.8. The molecule has 2 N–H and O–H groups in total. The third-order valence-electron chi connectivity index (χ3n) is 4.62. The summed E-state index contributed by atoms with van der Waals surface area (Å²) in [5.74, 6) is 1.01. The van der Waals surface area contributed by atoms with E-state index in [1.54, 1.807) is 32.2 Å². The summed E-state index contributed by atoms with van der Waals surface area (Å²) < 4.78 is 16.2. The van der Waals surface area contributed by atoms with E-state index >= 15 is 0 Å². The Morgan fingerprint density at radius 1 is 1.21 bits per heavy atom. The second-order valence-electron chi connectivity index (χ2n) is 6.64. The zero-order valence-corrected chi connectivity index (χ0v) is 17.4. The molecule has 1 aliphatic carbocycles. The van der Waals surface area contributed by atoms with Crippen LogP contribution in [0.1, 0.15) is 32.6 Å². The van der Waals surface area contributed by atoms with Crippen LogP contribution in [-0.4, -0.2) is 47.6 Å². The number of hydrogen-bond acceptors (Lipinski definition) is 8. The quantitative estimate of drug-likeness (QED) is 0.657. The van der Waals surface area contributed by atoms with Crippen molar-refractivity contribution >= 4 is 23.7 Å². The van der Waals surface area contributed by atoms with Crippen molar-refractivity contribution in [3.05, 3.63) is 18.2 Å². The lowest BCUT2D eigenvalue weighted by Gasteiger charge is -2.13. The summed E-state index contributed by atoms with van der Waals surface area (Å²) in [6.45, 7) is 1.67. The molecule has 1 saturated carbocycles. The molecule has 2 aromatic rings. The fraction of sp³-hybridized carbons (Fsp3) is 0.474. The Hall–Kier alpha value is -2.75. The smallest absolute Gasteiger partial charge is 0.321 e. The van der Waals surface area contributed by atoms with Crippen molar-refractivity contribution < 1.29 is 23.5 Å². The maximum atomic E-state index is 12.3. The molecule has 0 bridgehead atoms. The number of aromatic nitrogens is 2. The van der Waals surface area contributed by atoms with Gasteiger partial charge in [0.1, 0.15) is 11.5 Å². The van der Waals surface area contributed by atoms with Crippen LogP contribution in [-0.2, 0) is 4.79 Å². The first kappa shape index (κ1) is 21.0. The molecular weight excluding hydrogens is 396 g/mol. The highest BCUT2D eigenvalue weighted by atomic mass is 32.2. The Morgan fingerprint density at radius 2 is 1.97 bits per heavy atom. The van der Waals surface area contributed by atoms with Crippen molar-refractivity contribution in [1.82, 2.24) is 20.8 Å². The van der Waals surface area contributed by atoms with Crippen LogP contribution in [0, 0.1) is 0 Å². The van der Waals surface area contributed by atoms with E-state index < -0.39 is 17.2 Å². The molecule has 0 aliphatic heterocycles. The molecule has 156 valence electrons. The molecule has 9 nitrogen and oxygen atoms in total. The third kappa shape index (κ3) is 5.41. The number of hydrogen-bond donors (Lipinski definition) is 2. The molecule has 3 rings (SSSR count). The summed E-state index contributed by atoms with van der Waals surface area (Å²) in [6, 6.07) is 4.90. The van der Waals surface area contributed by atoms with Crippen LogP contribution in [0.2, 0.25) is 0 Å². The van der Waals surface area contributed by atoms with Crippen LogP contribution in [0.15, 0.2) is 27.8 Å². The largest absolute Gasteiger partial charge is 0.497 e. The van der Waals surface area contributed by atoms with Crippen LogP contribution in [0.4, 0.5) is 4.79 Å². The van der Waals surface area contributed by atoms with Gasteiger partial charge in [0.15, 0.2) is 0 Å². The molecule has 1 atom stereocenters. The SMILES string of the molecule is COc1ccc(-c2nnc(S[C@H](C)C(=O)NC(=O)NC3CCCC3)o2)c(OC)c1. The molecule has 0 spiro atoms. The van der Waals surface area contributed by atoms with Crippen LogP contribution < -0.4 is 20.1 Å². The molecule has 1 heterocycles. The molecule has 1 aliphatic rings. The number of nitrogens with one attached hydrogen (secondary N) is 2. The van der Waals surface area contributed by atoms with Gasteiger partial charge in [-0.15, -0.1) is 10.2 Å². The number of amides is 3. The lowest BCUT2D eigenvalue weighted by Crippen LogP contribution is -2.45. The summed E-state index contributed by atoms with van der Waals surface area (Å²) in [5.41, 5.74) is 0.612. The van der Waals surface area contributed by atoms with E-state index in [1.807, 2.05) is 0 Å². The molecule has 1 aromatic carbocycles. The first-order valence-electron chi connectivity index (χ1n) is 9.34. The Bertz CT molecular complexity index is 866. The van der Waals surface area contributed by atoms with Crippen LogP contribution in [0.3, 0.4) is 0 Å². The number of carbonyl (C=O) groups excluding carboxylic acids is 2. The first-order chi connectivity index (χ1) is 14.0. The molecule has 1 aromatic heterocycles. The topological polar surface area (TPSA) is 116 Å². The van der Waals surface area contributed by atoms with Gasteiger partial charge in [-0.25, -0.2) is 4.79 Å². The molecule has 0 unspecified atom stereocenters. The maximum absolute atomic E-state index is 12.3. The van der Waals surface area contributed by atoms with Gasteiger partial charge in [-0.2, -0.15) is 0 Å². The van der Waals surface area contributed by atoms with E-state index in [-0.39, 0.29) is 17.2 Å². The van der Waals surface area contributed by atoms with Gasteiger partial charge < -0.3 is 19.2 Å². The Kier molecular flexibility index (Phi) is 6.97. The van der Waals surface area contributed by atoms with E-state index in [9.17, 15) is 9.59 Å². The van der Waals surface area contributed by atoms with Crippen LogP contribution >= 0.6 is 11.8 Å². The van der Waals surface area contributed by atoms with E-state index in [1.165, 1.54) is 7.11 Å². The summed E-state index contributed by atoms with van der Waals surface area (Å²) in [6.07, 6.45) is 4.10. The van der Waals surface area contributed by atoms with E-state index in [2.05, 4.69) is 20.8 Å². The van der Waals surface area contributed by atoms with Gasteiger partial charge in [-0.05, 0) is 31.9 Å². The lowest BCUT2D eigenvalue weighted by atomic mass is 10.2. The van der Waals surface area contributed by atoms with Crippen molar-refractivity contribution in [1.29, 1.82) is 0 Å². The monoisotopic (exact) mass is 420 g/mol. The minimum absolute atomic E-state index is 0.142. The predicted octanol–water partition coefficient (Wildman–Crippen LogP) is 3.00. The maximum Gasteiger partial charge on any atom is 0.321 e. The second kappa shape index (κ2) is 9.64. The van der Waals surface area contributed by atoms with Crippen LogP contribution in [0.25, 0.3) is 11.5 Å². The predicted molar refractivity (Wildman–Crippen MR) is 107 cm³/mol. The number of thioether (sulfide) groups is 1. The fourth-order valence-electron chi connectivity index (χ4n) is 3.05. The minimum Gasteiger partial charge on any atom is -0.497 e. The van der Waals surface area contributed by atoms with E-state index in [0.717, 1.165) is 37.4 Å². The second-order valence-corrected chi connectivity index (χ2v) is 7.94. The van der Waals surface area contributed by atoms with E-state index in [4.69, 9.17) is 13.9 Å². The number of nitrogens with zero attached hydrogens (tertiary/aromatic N) is 2. The van der Waals surface area contributed by atoms with E-state index in [0.29, 0.717) is 17.1 Å². The standard InChI is InChI=1S/C19H24N4O5S/c1-11(16(24)21-18(25)20-12-6-4-5-7-12)29-19-23-22-17(28-19)14-9-8-13(26-2)10-15(14)27-3/h8-12H,4-7H2,1-3H3,(H2,20,21,24,25)/t11-/m1/s1. The number of carbonyl (C=O) groups is 2.